The highest BCUT2D eigenvalue weighted by molar-refractivity contribution is 7.19. The number of benzene rings is 3. The molecular weight excluding hydrogens is 543 g/mol. The number of hydrogen-bond acceptors (Lipinski definition) is 2. The summed E-state index contributed by atoms with van der Waals surface area (Å²) < 4.78 is 129. The number of thiophene rings is 1. The summed E-state index contributed by atoms with van der Waals surface area (Å²) in [4.78, 5) is 0.826. The molecule has 0 aliphatic carbocycles. The van der Waals surface area contributed by atoms with Crippen molar-refractivity contribution in [1.82, 2.24) is 0 Å². The zero-order valence-corrected chi connectivity index (χ0v) is 20.1. The predicted octanol–water partition coefficient (Wildman–Crippen LogP) is 8.85. The van der Waals surface area contributed by atoms with E-state index < -0.39 is 70.1 Å². The van der Waals surface area contributed by atoms with Crippen LogP contribution >= 0.6 is 11.3 Å². The zero-order chi connectivity index (χ0) is 27.8. The Hall–Kier alpha value is -3.65. The van der Waals surface area contributed by atoms with Gasteiger partial charge >= 0.3 is 6.18 Å². The number of rotatable bonds is 6. The standard InChI is InChI=1S/C27H15F9OS/c1-2-3-16-8-15-11-20(30)23(24(33)26(15)38-16)14-9-21(31)25(22(32)10-14)37-12-13-6-18(28)17(19(29)7-13)4-5-27(34,35)36/h6-11H,2-3,12H2,1H3. The van der Waals surface area contributed by atoms with Crippen LogP contribution in [0.25, 0.3) is 21.2 Å². The van der Waals surface area contributed by atoms with Crippen molar-refractivity contribution < 1.29 is 44.3 Å². The molecule has 0 aliphatic heterocycles. The summed E-state index contributed by atoms with van der Waals surface area (Å²) in [5.74, 6) is -6.46. The van der Waals surface area contributed by atoms with E-state index in [1.165, 1.54) is 5.92 Å². The van der Waals surface area contributed by atoms with Crippen molar-refractivity contribution in [3.05, 3.63) is 87.3 Å². The summed E-state index contributed by atoms with van der Waals surface area (Å²) in [6, 6.07) is 5.24. The number of halogens is 9. The minimum Gasteiger partial charge on any atom is -0.483 e. The Bertz CT molecular complexity index is 1550. The van der Waals surface area contributed by atoms with Gasteiger partial charge in [0.2, 0.25) is 0 Å². The molecule has 0 spiro atoms. The molecule has 0 N–H and O–H groups in total. The van der Waals surface area contributed by atoms with Gasteiger partial charge in [-0.1, -0.05) is 19.3 Å². The molecule has 1 nitrogen and oxygen atoms in total. The molecule has 4 rings (SSSR count). The first-order valence-electron chi connectivity index (χ1n) is 11.0. The Morgan fingerprint density at radius 2 is 1.45 bits per heavy atom. The van der Waals surface area contributed by atoms with Crippen LogP contribution in [0.15, 0.2) is 36.4 Å². The van der Waals surface area contributed by atoms with Gasteiger partial charge in [-0.15, -0.1) is 11.3 Å². The van der Waals surface area contributed by atoms with Gasteiger partial charge in [0.15, 0.2) is 23.2 Å². The van der Waals surface area contributed by atoms with Crippen molar-refractivity contribution in [3.63, 3.8) is 0 Å². The third-order valence-corrected chi connectivity index (χ3v) is 6.55. The molecule has 3 aromatic carbocycles. The van der Waals surface area contributed by atoms with Crippen LogP contribution in [0.2, 0.25) is 0 Å². The molecule has 0 atom stereocenters. The lowest BCUT2D eigenvalue weighted by Crippen LogP contribution is -2.04. The van der Waals surface area contributed by atoms with Crippen LogP contribution < -0.4 is 4.74 Å². The maximum absolute atomic E-state index is 15.2. The smallest absolute Gasteiger partial charge is 0.458 e. The van der Waals surface area contributed by atoms with E-state index in [0.717, 1.165) is 34.6 Å². The quantitative estimate of drug-likeness (QED) is 0.170. The molecule has 0 aliphatic rings. The van der Waals surface area contributed by atoms with Crippen LogP contribution in [0.3, 0.4) is 0 Å². The average Bonchev–Trinajstić information content (AvgIpc) is 3.20. The lowest BCUT2D eigenvalue weighted by molar-refractivity contribution is -0.0696. The van der Waals surface area contributed by atoms with Gasteiger partial charge in [-0.2, -0.15) is 13.2 Å². The van der Waals surface area contributed by atoms with Gasteiger partial charge in [0.1, 0.15) is 24.1 Å². The first-order valence-corrected chi connectivity index (χ1v) is 11.8. The highest BCUT2D eigenvalue weighted by atomic mass is 32.1. The van der Waals surface area contributed by atoms with E-state index in [1.54, 1.807) is 6.07 Å². The van der Waals surface area contributed by atoms with Crippen molar-refractivity contribution in [2.24, 2.45) is 0 Å². The third kappa shape index (κ3) is 5.75. The first-order chi connectivity index (χ1) is 17.9. The Kier molecular flexibility index (Phi) is 7.65. The molecule has 0 amide bonds. The highest BCUT2D eigenvalue weighted by Gasteiger charge is 2.24. The number of fused-ring (bicyclic) bond motifs is 1. The Morgan fingerprint density at radius 1 is 0.816 bits per heavy atom. The van der Waals surface area contributed by atoms with Gasteiger partial charge in [-0.3, -0.25) is 0 Å². The lowest BCUT2D eigenvalue weighted by Gasteiger charge is -2.12. The van der Waals surface area contributed by atoms with E-state index in [2.05, 4.69) is 0 Å². The lowest BCUT2D eigenvalue weighted by atomic mass is 10.0. The molecule has 198 valence electrons. The normalized spacial score (nSPS) is 11.5. The van der Waals surface area contributed by atoms with E-state index >= 15 is 4.39 Å². The number of aryl methyl sites for hydroxylation is 1. The molecule has 1 aromatic heterocycles. The minimum absolute atomic E-state index is 0.137. The second kappa shape index (κ2) is 10.6. The predicted molar refractivity (Wildman–Crippen MR) is 125 cm³/mol. The van der Waals surface area contributed by atoms with Crippen LogP contribution in [0, 0.1) is 46.7 Å². The fraction of sp³-hybridized carbons (Fsp3) is 0.185. The largest absolute Gasteiger partial charge is 0.483 e. The van der Waals surface area contributed by atoms with E-state index in [9.17, 15) is 35.1 Å². The van der Waals surface area contributed by atoms with Crippen molar-refractivity contribution in [2.75, 3.05) is 0 Å². The minimum atomic E-state index is -4.97. The van der Waals surface area contributed by atoms with E-state index in [4.69, 9.17) is 4.74 Å². The summed E-state index contributed by atoms with van der Waals surface area (Å²) in [7, 11) is 0. The molecule has 4 aromatic rings. The Labute approximate surface area is 214 Å². The van der Waals surface area contributed by atoms with Crippen LogP contribution in [0.5, 0.6) is 5.75 Å². The second-order valence-corrected chi connectivity index (χ2v) is 9.31. The maximum Gasteiger partial charge on any atom is 0.458 e. The second-order valence-electron chi connectivity index (χ2n) is 8.17. The zero-order valence-electron chi connectivity index (χ0n) is 19.3. The number of ether oxygens (including phenoxy) is 1. The van der Waals surface area contributed by atoms with Crippen LogP contribution in [0.4, 0.5) is 39.5 Å². The van der Waals surface area contributed by atoms with Crippen molar-refractivity contribution in [2.45, 2.75) is 32.5 Å². The Balaban J connectivity index is 1.62. The molecule has 11 heteroatoms. The molecule has 0 saturated carbocycles. The van der Waals surface area contributed by atoms with Gasteiger partial charge in [-0.05, 0) is 59.3 Å². The van der Waals surface area contributed by atoms with Gasteiger partial charge in [0.25, 0.3) is 0 Å². The summed E-state index contributed by atoms with van der Waals surface area (Å²) >= 11 is 1.11. The Morgan fingerprint density at radius 3 is 2.03 bits per heavy atom. The molecular formula is C27H15F9OS. The van der Waals surface area contributed by atoms with Gasteiger partial charge in [0.05, 0.1) is 15.8 Å². The van der Waals surface area contributed by atoms with Gasteiger partial charge in [0, 0.05) is 10.8 Å². The number of hydrogen-bond donors (Lipinski definition) is 0. The monoisotopic (exact) mass is 558 g/mol. The molecule has 1 heterocycles. The molecule has 38 heavy (non-hydrogen) atoms. The summed E-state index contributed by atoms with van der Waals surface area (Å²) in [6.45, 7) is 1.15. The van der Waals surface area contributed by atoms with Crippen LogP contribution in [0.1, 0.15) is 29.3 Å². The fourth-order valence-electron chi connectivity index (χ4n) is 3.76. The maximum atomic E-state index is 15.2. The summed E-state index contributed by atoms with van der Waals surface area (Å²) in [5, 5.41) is 0.327. The molecule has 0 bridgehead atoms. The molecule has 0 unspecified atom stereocenters. The summed E-state index contributed by atoms with van der Waals surface area (Å²) in [5.41, 5.74) is -2.50. The van der Waals surface area contributed by atoms with Crippen molar-refractivity contribution in [3.8, 4) is 28.7 Å². The van der Waals surface area contributed by atoms with E-state index in [1.807, 2.05) is 6.92 Å². The number of alkyl halides is 3. The van der Waals surface area contributed by atoms with E-state index in [-0.39, 0.29) is 10.3 Å². The third-order valence-electron chi connectivity index (χ3n) is 5.35. The molecule has 0 radical (unpaired) electrons. The van der Waals surface area contributed by atoms with Gasteiger partial charge in [-0.25, -0.2) is 26.3 Å². The first kappa shape index (κ1) is 27.4. The van der Waals surface area contributed by atoms with Crippen LogP contribution in [-0.4, -0.2) is 6.18 Å². The summed E-state index contributed by atoms with van der Waals surface area (Å²) in [6.07, 6.45) is -3.53. The van der Waals surface area contributed by atoms with Gasteiger partial charge < -0.3 is 4.74 Å². The van der Waals surface area contributed by atoms with Crippen LogP contribution in [-0.2, 0) is 13.0 Å². The average molecular weight is 558 g/mol. The topological polar surface area (TPSA) is 9.23 Å². The fourth-order valence-corrected chi connectivity index (χ4v) is 4.94. The molecule has 0 saturated heterocycles. The van der Waals surface area contributed by atoms with E-state index in [0.29, 0.717) is 36.1 Å². The highest BCUT2D eigenvalue weighted by Crippen LogP contribution is 2.38. The molecule has 0 fully saturated rings. The van der Waals surface area contributed by atoms with Crippen molar-refractivity contribution in [1.29, 1.82) is 0 Å². The van der Waals surface area contributed by atoms with Crippen molar-refractivity contribution >= 4 is 21.4 Å². The SMILES string of the molecule is CCCc1cc2cc(F)c(-c3cc(F)c(OCc4cc(F)c(C#CC(F)(F)F)c(F)c4)c(F)c3)c(F)c2s1.